The Kier molecular flexibility index (Phi) is 15.4. The Bertz CT molecular complexity index is 1170. The summed E-state index contributed by atoms with van der Waals surface area (Å²) in [5.41, 5.74) is 1.68. The summed E-state index contributed by atoms with van der Waals surface area (Å²) in [5, 5.41) is 4.44. The van der Waals surface area contributed by atoms with Crippen LogP contribution in [0.2, 0.25) is 0 Å². The van der Waals surface area contributed by atoms with Gasteiger partial charge in [0.25, 0.3) is 0 Å². The summed E-state index contributed by atoms with van der Waals surface area (Å²) in [6, 6.07) is 18.2. The van der Waals surface area contributed by atoms with Crippen molar-refractivity contribution >= 4 is 31.7 Å². The van der Waals surface area contributed by atoms with E-state index in [0.29, 0.717) is 0 Å². The molecule has 2 aromatic carbocycles. The van der Waals surface area contributed by atoms with Crippen molar-refractivity contribution in [2.45, 2.75) is 25.9 Å². The second-order valence-electron chi connectivity index (χ2n) is 7.42. The van der Waals surface area contributed by atoms with E-state index < -0.39 is 37.5 Å². The van der Waals surface area contributed by atoms with Crippen LogP contribution in [0, 0.1) is 0 Å². The molecule has 0 saturated carbocycles. The first-order valence-corrected chi connectivity index (χ1v) is 13.2. The number of hydrogen-bond acceptors (Lipinski definition) is 11. The van der Waals surface area contributed by atoms with Crippen LogP contribution < -0.4 is 10.6 Å². The van der Waals surface area contributed by atoms with Crippen LogP contribution in [-0.2, 0) is 55.4 Å². The molecular weight excluding hydrogens is 547 g/mol. The molecule has 2 amide bonds. The summed E-state index contributed by atoms with van der Waals surface area (Å²) in [4.78, 5) is 46.0. The third-order valence-corrected chi connectivity index (χ3v) is 6.85. The second-order valence-corrected chi connectivity index (χ2v) is 9.74. The first-order chi connectivity index (χ1) is 19.1. The number of allylic oxidation sites excluding steroid dienone is 1. The number of methoxy groups -OCH3 is 2. The minimum absolute atomic E-state index is 0.00910. The number of rotatable bonds is 11. The van der Waals surface area contributed by atoms with E-state index in [1.165, 1.54) is 13.2 Å². The van der Waals surface area contributed by atoms with Gasteiger partial charge in [-0.1, -0.05) is 66.7 Å². The molecule has 1 atom stereocenters. The van der Waals surface area contributed by atoms with Gasteiger partial charge in [-0.15, -0.1) is 0 Å². The highest BCUT2D eigenvalue weighted by molar-refractivity contribution is 7.55. The number of carbonyl (C=O) groups is 4. The Balaban J connectivity index is 0.000000408. The van der Waals surface area contributed by atoms with Gasteiger partial charge in [0.2, 0.25) is 5.78 Å². The Morgan fingerprint density at radius 1 is 0.775 bits per heavy atom. The Labute approximate surface area is 232 Å². The molecule has 2 aromatic rings. The molecule has 0 saturated heterocycles. The fourth-order valence-corrected chi connectivity index (χ4v) is 3.96. The zero-order valence-electron chi connectivity index (χ0n) is 22.8. The fourth-order valence-electron chi connectivity index (χ4n) is 2.76. The Hall–Kier alpha value is -4.19. The van der Waals surface area contributed by atoms with Gasteiger partial charge in [-0.05, 0) is 18.1 Å². The van der Waals surface area contributed by atoms with Crippen LogP contribution in [0.25, 0.3) is 0 Å². The Morgan fingerprint density at radius 3 is 1.65 bits per heavy atom. The van der Waals surface area contributed by atoms with E-state index in [-0.39, 0.29) is 18.9 Å². The lowest BCUT2D eigenvalue weighted by atomic mass is 10.2. The van der Waals surface area contributed by atoms with Gasteiger partial charge in [0, 0.05) is 14.2 Å². The van der Waals surface area contributed by atoms with E-state index in [4.69, 9.17) is 18.5 Å². The molecule has 0 aliphatic heterocycles. The molecule has 13 nitrogen and oxygen atoms in total. The number of hydrogen-bond donors (Lipinski definition) is 2. The molecule has 1 unspecified atom stereocenters. The van der Waals surface area contributed by atoms with Crippen molar-refractivity contribution in [3.05, 3.63) is 83.6 Å². The summed E-state index contributed by atoms with van der Waals surface area (Å²) < 4.78 is 40.5. The predicted octanol–water partition coefficient (Wildman–Crippen LogP) is 3.89. The summed E-state index contributed by atoms with van der Waals surface area (Å²) in [7, 11) is 0.613. The fraction of sp³-hybridized carbons (Fsp3) is 0.308. The van der Waals surface area contributed by atoms with Gasteiger partial charge in [-0.2, -0.15) is 0 Å². The summed E-state index contributed by atoms with van der Waals surface area (Å²) in [6.45, 7) is 1.75. The van der Waals surface area contributed by atoms with Crippen molar-refractivity contribution in [2.24, 2.45) is 0 Å². The molecule has 0 aliphatic carbocycles. The Morgan fingerprint density at radius 2 is 1.25 bits per heavy atom. The third-order valence-electron chi connectivity index (χ3n) is 4.86. The molecule has 0 spiro atoms. The summed E-state index contributed by atoms with van der Waals surface area (Å²) >= 11 is 0. The largest absolute Gasteiger partial charge is 0.467 e. The molecule has 14 heteroatoms. The minimum atomic E-state index is -3.90. The van der Waals surface area contributed by atoms with Gasteiger partial charge in [-0.3, -0.25) is 15.2 Å². The average molecular weight is 581 g/mol. The normalized spacial score (nSPS) is 11.6. The number of benzene rings is 2. The van der Waals surface area contributed by atoms with Crippen molar-refractivity contribution < 1.29 is 51.7 Å². The molecule has 0 fully saturated rings. The lowest BCUT2D eigenvalue weighted by Gasteiger charge is -2.22. The summed E-state index contributed by atoms with van der Waals surface area (Å²) in [5.74, 6) is -3.20. The van der Waals surface area contributed by atoms with E-state index in [9.17, 15) is 23.7 Å². The van der Waals surface area contributed by atoms with Gasteiger partial charge in [-0.25, -0.2) is 19.2 Å². The molecule has 0 heterocycles. The lowest BCUT2D eigenvalue weighted by Crippen LogP contribution is -2.42. The molecular formula is C26H33N2O11P. The van der Waals surface area contributed by atoms with Crippen molar-refractivity contribution in [2.75, 3.05) is 28.4 Å². The van der Waals surface area contributed by atoms with Gasteiger partial charge >= 0.3 is 31.7 Å². The van der Waals surface area contributed by atoms with E-state index in [2.05, 4.69) is 20.1 Å². The SMILES string of the molecule is C/C=C(\NC(=O)OCc1ccccc1)C(=O)OC.COC(=O)C(NC(=O)OCc1ccccc1)P(=O)(OC)OC. The minimum Gasteiger partial charge on any atom is -0.467 e. The van der Waals surface area contributed by atoms with Crippen LogP contribution in [0.5, 0.6) is 0 Å². The van der Waals surface area contributed by atoms with Gasteiger partial charge in [0.05, 0.1) is 14.2 Å². The van der Waals surface area contributed by atoms with Crippen LogP contribution in [-0.4, -0.2) is 58.3 Å². The van der Waals surface area contributed by atoms with Crippen molar-refractivity contribution in [3.63, 3.8) is 0 Å². The van der Waals surface area contributed by atoms with Gasteiger partial charge in [0.1, 0.15) is 18.9 Å². The average Bonchev–Trinajstić information content (AvgIpc) is 3.00. The number of alkyl carbamates (subject to hydrolysis) is 2. The predicted molar refractivity (Wildman–Crippen MR) is 143 cm³/mol. The van der Waals surface area contributed by atoms with E-state index in [0.717, 1.165) is 32.5 Å². The van der Waals surface area contributed by atoms with Crippen LogP contribution in [0.15, 0.2) is 72.4 Å². The van der Waals surface area contributed by atoms with E-state index in [1.807, 2.05) is 36.4 Å². The molecule has 218 valence electrons. The molecule has 0 aromatic heterocycles. The van der Waals surface area contributed by atoms with E-state index >= 15 is 0 Å². The zero-order chi connectivity index (χ0) is 30.0. The highest BCUT2D eigenvalue weighted by atomic mass is 31.2. The standard InChI is InChI=1S/C13H18NO7P.C13H15NO4/c1-18-12(15)11(22(17,19-2)20-3)14-13(16)21-9-10-7-5-4-6-8-10;1-3-11(12(15)17-2)14-13(16)18-9-10-7-5-4-6-8-10/h4-8,11H,9H2,1-3H3,(H,14,16);3-8H,9H2,1-2H3,(H,14,16)/b;11-3-. The molecule has 0 aliphatic rings. The molecule has 2 rings (SSSR count). The van der Waals surface area contributed by atoms with Crippen molar-refractivity contribution in [3.8, 4) is 0 Å². The van der Waals surface area contributed by atoms with Crippen LogP contribution in [0.3, 0.4) is 0 Å². The maximum absolute atomic E-state index is 12.2. The smallest absolute Gasteiger partial charge is 0.412 e. The van der Waals surface area contributed by atoms with Crippen LogP contribution in [0.4, 0.5) is 9.59 Å². The third kappa shape index (κ3) is 11.7. The monoisotopic (exact) mass is 580 g/mol. The number of amides is 2. The maximum Gasteiger partial charge on any atom is 0.412 e. The highest BCUT2D eigenvalue weighted by Gasteiger charge is 2.42. The van der Waals surface area contributed by atoms with Gasteiger partial charge < -0.3 is 28.0 Å². The van der Waals surface area contributed by atoms with Crippen LogP contribution in [0.1, 0.15) is 18.1 Å². The first-order valence-electron chi connectivity index (χ1n) is 11.6. The van der Waals surface area contributed by atoms with Gasteiger partial charge in [0.15, 0.2) is 0 Å². The van der Waals surface area contributed by atoms with Crippen molar-refractivity contribution in [1.29, 1.82) is 0 Å². The lowest BCUT2D eigenvalue weighted by molar-refractivity contribution is -0.141. The quantitative estimate of drug-likeness (QED) is 0.171. The summed E-state index contributed by atoms with van der Waals surface area (Å²) in [6.07, 6.45) is -0.207. The molecule has 2 N–H and O–H groups in total. The number of esters is 2. The number of ether oxygens (including phenoxy) is 4. The topological polar surface area (TPSA) is 165 Å². The van der Waals surface area contributed by atoms with Crippen LogP contribution >= 0.6 is 7.60 Å². The van der Waals surface area contributed by atoms with Crippen molar-refractivity contribution in [1.82, 2.24) is 10.6 Å². The molecule has 0 radical (unpaired) electrons. The van der Waals surface area contributed by atoms with E-state index in [1.54, 1.807) is 31.2 Å². The zero-order valence-corrected chi connectivity index (χ0v) is 23.7. The number of nitrogens with one attached hydrogen (secondary N) is 2. The number of carbonyl (C=O) groups excluding carboxylic acids is 4. The first kappa shape index (κ1) is 33.8. The maximum atomic E-state index is 12.2. The second kappa shape index (κ2) is 18.2. The molecule has 40 heavy (non-hydrogen) atoms. The molecule has 0 bridgehead atoms. The highest BCUT2D eigenvalue weighted by Crippen LogP contribution is 2.50.